The summed E-state index contributed by atoms with van der Waals surface area (Å²) in [6.45, 7) is 0.712. The molecule has 2 N–H and O–H groups in total. The van der Waals surface area contributed by atoms with E-state index in [0.717, 1.165) is 12.8 Å². The van der Waals surface area contributed by atoms with Crippen molar-refractivity contribution in [3.05, 3.63) is 0 Å². The molecule has 1 saturated carbocycles. The van der Waals surface area contributed by atoms with Gasteiger partial charge in [0.05, 0.1) is 0 Å². The van der Waals surface area contributed by atoms with Crippen LogP contribution in [0.3, 0.4) is 0 Å². The molecule has 0 saturated heterocycles. The van der Waals surface area contributed by atoms with Gasteiger partial charge in [-0.3, -0.25) is 4.21 Å². The number of rotatable bonds is 3. The Kier molecular flexibility index (Phi) is 3.74. The molecule has 1 rings (SSSR count). The van der Waals surface area contributed by atoms with Gasteiger partial charge >= 0.3 is 0 Å². The van der Waals surface area contributed by atoms with Gasteiger partial charge in [-0.2, -0.15) is 0 Å². The van der Waals surface area contributed by atoms with Crippen LogP contribution in [0.15, 0.2) is 4.36 Å². The van der Waals surface area contributed by atoms with Crippen LogP contribution in [0.5, 0.6) is 0 Å². The smallest absolute Gasteiger partial charge is 0.0487 e. The average Bonchev–Trinajstić information content (AvgIpc) is 2.34. The van der Waals surface area contributed by atoms with E-state index in [9.17, 15) is 4.21 Å². The second-order valence-corrected chi connectivity index (χ2v) is 6.80. The van der Waals surface area contributed by atoms with Gasteiger partial charge in [0.1, 0.15) is 0 Å². The maximum atomic E-state index is 11.2. The van der Waals surface area contributed by atoms with Gasteiger partial charge < -0.3 is 5.73 Å². The summed E-state index contributed by atoms with van der Waals surface area (Å²) in [5.41, 5.74) is 5.92. The molecule has 2 atom stereocenters. The highest BCUT2D eigenvalue weighted by Gasteiger charge is 2.22. The van der Waals surface area contributed by atoms with E-state index < -0.39 is 9.73 Å². The zero-order valence-corrected chi connectivity index (χ0v) is 9.35. The van der Waals surface area contributed by atoms with Crippen molar-refractivity contribution in [1.82, 2.24) is 0 Å². The predicted molar refractivity (Wildman–Crippen MR) is 57.2 cm³/mol. The largest absolute Gasteiger partial charge is 0.327 e. The molecule has 1 aliphatic rings. The van der Waals surface area contributed by atoms with Crippen molar-refractivity contribution in [3.63, 3.8) is 0 Å². The molecule has 0 aliphatic heterocycles. The van der Waals surface area contributed by atoms with Crippen LogP contribution in [0.2, 0.25) is 0 Å². The maximum absolute atomic E-state index is 11.2. The van der Waals surface area contributed by atoms with Crippen molar-refractivity contribution in [3.8, 4) is 0 Å². The molecule has 0 amide bonds. The monoisotopic (exact) mass is 204 g/mol. The SMILES string of the molecule is CS(C)(=O)=NCCC1CCCC1N. The number of hydrogen-bond donors (Lipinski definition) is 1. The van der Waals surface area contributed by atoms with Crippen LogP contribution in [0, 0.1) is 5.92 Å². The number of nitrogens with zero attached hydrogens (tertiary/aromatic N) is 1. The summed E-state index contributed by atoms with van der Waals surface area (Å²) in [7, 11) is -1.90. The molecular weight excluding hydrogens is 184 g/mol. The lowest BCUT2D eigenvalue weighted by atomic mass is 10.0. The van der Waals surface area contributed by atoms with Gasteiger partial charge in [0.25, 0.3) is 0 Å². The fourth-order valence-electron chi connectivity index (χ4n) is 1.86. The first-order valence-corrected chi connectivity index (χ1v) is 7.20. The first-order valence-electron chi connectivity index (χ1n) is 4.87. The van der Waals surface area contributed by atoms with Gasteiger partial charge in [0.15, 0.2) is 0 Å². The standard InChI is InChI=1S/C9H20N2OS/c1-13(2,12)11-7-6-8-4-3-5-9(8)10/h8-9H,3-7,10H2,1-2H3. The van der Waals surface area contributed by atoms with Gasteiger partial charge in [-0.05, 0) is 25.2 Å². The Balaban J connectivity index is 2.31. The second kappa shape index (κ2) is 4.42. The van der Waals surface area contributed by atoms with E-state index in [2.05, 4.69) is 4.36 Å². The highest BCUT2D eigenvalue weighted by Crippen LogP contribution is 2.26. The minimum Gasteiger partial charge on any atom is -0.327 e. The van der Waals surface area contributed by atoms with Crippen molar-refractivity contribution in [2.24, 2.45) is 16.0 Å². The van der Waals surface area contributed by atoms with E-state index >= 15 is 0 Å². The predicted octanol–water partition coefficient (Wildman–Crippen LogP) is 1.23. The molecule has 0 heterocycles. The van der Waals surface area contributed by atoms with E-state index in [1.807, 2.05) is 0 Å². The van der Waals surface area contributed by atoms with Crippen molar-refractivity contribution in [1.29, 1.82) is 0 Å². The second-order valence-electron chi connectivity index (χ2n) is 4.18. The summed E-state index contributed by atoms with van der Waals surface area (Å²) >= 11 is 0. The Morgan fingerprint density at radius 1 is 1.46 bits per heavy atom. The van der Waals surface area contributed by atoms with Crippen molar-refractivity contribution < 1.29 is 4.21 Å². The fourth-order valence-corrected chi connectivity index (χ4v) is 2.41. The molecule has 13 heavy (non-hydrogen) atoms. The molecule has 78 valence electrons. The molecule has 0 bridgehead atoms. The third-order valence-corrected chi connectivity index (χ3v) is 3.42. The van der Waals surface area contributed by atoms with Gasteiger partial charge in [-0.15, -0.1) is 0 Å². The van der Waals surface area contributed by atoms with Crippen LogP contribution >= 0.6 is 0 Å². The summed E-state index contributed by atoms with van der Waals surface area (Å²) < 4.78 is 15.4. The molecule has 0 aromatic rings. The lowest BCUT2D eigenvalue weighted by Gasteiger charge is -2.13. The quantitative estimate of drug-likeness (QED) is 0.752. The summed E-state index contributed by atoms with van der Waals surface area (Å²) in [6, 6.07) is 0.361. The van der Waals surface area contributed by atoms with Gasteiger partial charge in [-0.25, -0.2) is 4.36 Å². The maximum Gasteiger partial charge on any atom is 0.0487 e. The number of hydrogen-bond acceptors (Lipinski definition) is 3. The van der Waals surface area contributed by atoms with Crippen LogP contribution in [0.1, 0.15) is 25.7 Å². The van der Waals surface area contributed by atoms with E-state index in [4.69, 9.17) is 5.73 Å². The highest BCUT2D eigenvalue weighted by atomic mass is 32.2. The van der Waals surface area contributed by atoms with Crippen molar-refractivity contribution in [2.75, 3.05) is 19.1 Å². The Bertz CT molecular complexity index is 261. The topological polar surface area (TPSA) is 55.5 Å². The van der Waals surface area contributed by atoms with E-state index in [1.165, 1.54) is 12.8 Å². The van der Waals surface area contributed by atoms with E-state index in [-0.39, 0.29) is 0 Å². The van der Waals surface area contributed by atoms with Gasteiger partial charge in [0.2, 0.25) is 0 Å². The van der Waals surface area contributed by atoms with Crippen molar-refractivity contribution >= 4 is 9.73 Å². The van der Waals surface area contributed by atoms with Crippen LogP contribution in [0.25, 0.3) is 0 Å². The first kappa shape index (κ1) is 11.0. The third kappa shape index (κ3) is 4.09. The third-order valence-electron chi connectivity index (χ3n) is 2.62. The summed E-state index contributed by atoms with van der Waals surface area (Å²) in [6.07, 6.45) is 8.01. The fraction of sp³-hybridized carbons (Fsp3) is 1.00. The zero-order valence-electron chi connectivity index (χ0n) is 8.53. The molecule has 0 aromatic carbocycles. The molecule has 3 nitrogen and oxygen atoms in total. The zero-order chi connectivity index (χ0) is 9.90. The summed E-state index contributed by atoms with van der Waals surface area (Å²) in [5, 5.41) is 0. The van der Waals surface area contributed by atoms with Crippen LogP contribution in [-0.4, -0.2) is 29.3 Å². The molecule has 4 heteroatoms. The van der Waals surface area contributed by atoms with Crippen LogP contribution < -0.4 is 5.73 Å². The summed E-state index contributed by atoms with van der Waals surface area (Å²) in [4.78, 5) is 0. The Morgan fingerprint density at radius 3 is 2.62 bits per heavy atom. The highest BCUT2D eigenvalue weighted by molar-refractivity contribution is 7.92. The van der Waals surface area contributed by atoms with Crippen LogP contribution in [0.4, 0.5) is 0 Å². The molecule has 1 aliphatic carbocycles. The Labute approximate surface area is 81.3 Å². The molecule has 0 aromatic heterocycles. The normalized spacial score (nSPS) is 29.2. The Morgan fingerprint density at radius 2 is 2.15 bits per heavy atom. The lowest BCUT2D eigenvalue weighted by Crippen LogP contribution is -2.24. The van der Waals surface area contributed by atoms with Crippen LogP contribution in [-0.2, 0) is 9.73 Å². The lowest BCUT2D eigenvalue weighted by molar-refractivity contribution is 0.454. The molecule has 0 radical (unpaired) electrons. The van der Waals surface area contributed by atoms with Crippen molar-refractivity contribution in [2.45, 2.75) is 31.7 Å². The molecule has 0 spiro atoms. The van der Waals surface area contributed by atoms with Gasteiger partial charge in [0, 0.05) is 34.8 Å². The summed E-state index contributed by atoms with van der Waals surface area (Å²) in [5.74, 6) is 0.616. The minimum absolute atomic E-state index is 0.361. The Hall–Kier alpha value is -0.0900. The molecular formula is C9H20N2OS. The molecule has 2 unspecified atom stereocenters. The molecule has 1 fully saturated rings. The van der Waals surface area contributed by atoms with Gasteiger partial charge in [-0.1, -0.05) is 6.42 Å². The van der Waals surface area contributed by atoms with E-state index in [1.54, 1.807) is 12.5 Å². The first-order chi connectivity index (χ1) is 5.99. The van der Waals surface area contributed by atoms with E-state index in [0.29, 0.717) is 18.5 Å². The minimum atomic E-state index is -1.90. The average molecular weight is 204 g/mol. The number of nitrogens with two attached hydrogens (primary N) is 1.